The Morgan fingerprint density at radius 2 is 1.52 bits per heavy atom. The van der Waals surface area contributed by atoms with Crippen molar-refractivity contribution in [1.29, 1.82) is 0 Å². The van der Waals surface area contributed by atoms with Gasteiger partial charge < -0.3 is 9.84 Å². The Labute approximate surface area is 187 Å². The van der Waals surface area contributed by atoms with Crippen molar-refractivity contribution in [2.75, 3.05) is 0 Å². The predicted molar refractivity (Wildman–Crippen MR) is 125 cm³/mol. The van der Waals surface area contributed by atoms with E-state index in [2.05, 4.69) is 19.9 Å². The Kier molecular flexibility index (Phi) is 6.47. The normalized spacial score (nSPS) is 18.9. The van der Waals surface area contributed by atoms with E-state index in [1.165, 1.54) is 11.8 Å². The fraction of sp³-hybridized carbons (Fsp3) is 0.222. The molecule has 2 unspecified atom stereocenters. The molecule has 0 aromatic heterocycles. The Hall–Kier alpha value is -2.98. The van der Waals surface area contributed by atoms with Crippen molar-refractivity contribution >= 4 is 17.7 Å². The lowest BCUT2D eigenvalue weighted by Crippen LogP contribution is -2.30. The van der Waals surface area contributed by atoms with Crippen LogP contribution in [0.25, 0.3) is 0 Å². The number of carbonyl (C=O) groups is 1. The predicted octanol–water partition coefficient (Wildman–Crippen LogP) is 6.83. The smallest absolute Gasteiger partial charge is 0.349 e. The molecule has 0 saturated heterocycles. The number of esters is 1. The fourth-order valence-electron chi connectivity index (χ4n) is 3.94. The van der Waals surface area contributed by atoms with Gasteiger partial charge in [0.2, 0.25) is 0 Å². The summed E-state index contributed by atoms with van der Waals surface area (Å²) >= 11 is 1.30. The average molecular weight is 431 g/mol. The highest BCUT2D eigenvalue weighted by Gasteiger charge is 2.39. The quantitative estimate of drug-likeness (QED) is 0.436. The monoisotopic (exact) mass is 430 g/mol. The SMILES string of the molecule is CC(C)c1ccccc1SC1=C(O)C(Cc2ccccc2)C(c2ccccc2)OC1=O. The van der Waals surface area contributed by atoms with E-state index in [-0.39, 0.29) is 16.6 Å². The van der Waals surface area contributed by atoms with Gasteiger partial charge in [-0.1, -0.05) is 104 Å². The Bertz CT molecular complexity index is 1070. The molecule has 1 heterocycles. The van der Waals surface area contributed by atoms with Gasteiger partial charge in [0.1, 0.15) is 16.8 Å². The molecule has 0 amide bonds. The van der Waals surface area contributed by atoms with E-state index in [0.29, 0.717) is 12.3 Å². The Morgan fingerprint density at radius 1 is 0.903 bits per heavy atom. The topological polar surface area (TPSA) is 46.5 Å². The van der Waals surface area contributed by atoms with Gasteiger partial charge in [0.25, 0.3) is 0 Å². The van der Waals surface area contributed by atoms with Crippen LogP contribution in [0.1, 0.15) is 42.6 Å². The molecule has 3 aromatic carbocycles. The third kappa shape index (κ3) is 4.70. The minimum Gasteiger partial charge on any atom is -0.510 e. The highest BCUT2D eigenvalue weighted by molar-refractivity contribution is 8.04. The molecule has 31 heavy (non-hydrogen) atoms. The lowest BCUT2D eigenvalue weighted by Gasteiger charge is -2.32. The molecule has 2 atom stereocenters. The second-order valence-electron chi connectivity index (χ2n) is 8.04. The number of hydrogen-bond donors (Lipinski definition) is 1. The highest BCUT2D eigenvalue weighted by Crippen LogP contribution is 2.44. The molecule has 0 aliphatic carbocycles. The molecule has 3 nitrogen and oxygen atoms in total. The summed E-state index contributed by atoms with van der Waals surface area (Å²) < 4.78 is 5.94. The van der Waals surface area contributed by atoms with Gasteiger partial charge in [-0.2, -0.15) is 0 Å². The van der Waals surface area contributed by atoms with Gasteiger partial charge in [0.05, 0.1) is 5.92 Å². The summed E-state index contributed by atoms with van der Waals surface area (Å²) in [7, 11) is 0. The van der Waals surface area contributed by atoms with E-state index in [4.69, 9.17) is 4.74 Å². The van der Waals surface area contributed by atoms with E-state index in [9.17, 15) is 9.90 Å². The molecule has 1 aliphatic rings. The second-order valence-corrected chi connectivity index (χ2v) is 9.09. The van der Waals surface area contributed by atoms with Crippen LogP contribution in [0.4, 0.5) is 0 Å². The van der Waals surface area contributed by atoms with Crippen molar-refractivity contribution in [1.82, 2.24) is 0 Å². The zero-order chi connectivity index (χ0) is 21.8. The second kappa shape index (κ2) is 9.44. The third-order valence-electron chi connectivity index (χ3n) is 5.55. The first kappa shape index (κ1) is 21.3. The molecule has 0 radical (unpaired) electrons. The molecule has 1 aliphatic heterocycles. The number of hydrogen-bond acceptors (Lipinski definition) is 4. The number of aliphatic hydroxyl groups excluding tert-OH is 1. The summed E-state index contributed by atoms with van der Waals surface area (Å²) in [6.45, 7) is 4.24. The van der Waals surface area contributed by atoms with Crippen molar-refractivity contribution in [2.24, 2.45) is 5.92 Å². The molecule has 3 aromatic rings. The highest BCUT2D eigenvalue weighted by atomic mass is 32.2. The first-order valence-electron chi connectivity index (χ1n) is 10.5. The van der Waals surface area contributed by atoms with Gasteiger partial charge in [-0.3, -0.25) is 0 Å². The Morgan fingerprint density at radius 3 is 2.19 bits per heavy atom. The maximum Gasteiger partial charge on any atom is 0.349 e. The van der Waals surface area contributed by atoms with Crippen LogP contribution >= 0.6 is 11.8 Å². The standard InChI is InChI=1S/C27H26O3S/c1-18(2)21-15-9-10-16-23(21)31-26-24(28)22(17-19-11-5-3-6-12-19)25(30-27(26)29)20-13-7-4-8-14-20/h3-16,18,22,25,28H,17H2,1-2H3. The molecule has 0 bridgehead atoms. The largest absolute Gasteiger partial charge is 0.510 e. The lowest BCUT2D eigenvalue weighted by atomic mass is 9.86. The minimum atomic E-state index is -0.529. The van der Waals surface area contributed by atoms with E-state index in [1.54, 1.807) is 0 Å². The summed E-state index contributed by atoms with van der Waals surface area (Å²) in [6, 6.07) is 27.7. The third-order valence-corrected chi connectivity index (χ3v) is 6.72. The van der Waals surface area contributed by atoms with Gasteiger partial charge in [0.15, 0.2) is 0 Å². The van der Waals surface area contributed by atoms with Crippen LogP contribution in [0.15, 0.2) is 100 Å². The molecule has 0 saturated carbocycles. The maximum atomic E-state index is 13.0. The summed E-state index contributed by atoms with van der Waals surface area (Å²) in [4.78, 5) is 14.3. The van der Waals surface area contributed by atoms with Gasteiger partial charge >= 0.3 is 5.97 Å². The summed E-state index contributed by atoms with van der Waals surface area (Å²) in [5.41, 5.74) is 3.12. The van der Waals surface area contributed by atoms with Crippen LogP contribution in [0.2, 0.25) is 0 Å². The van der Waals surface area contributed by atoms with Gasteiger partial charge in [-0.15, -0.1) is 0 Å². The summed E-state index contributed by atoms with van der Waals surface area (Å²) in [5, 5.41) is 11.3. The number of thioether (sulfide) groups is 1. The van der Waals surface area contributed by atoms with Crippen LogP contribution in [0.5, 0.6) is 0 Å². The van der Waals surface area contributed by atoms with E-state index < -0.39 is 12.1 Å². The van der Waals surface area contributed by atoms with Crippen LogP contribution < -0.4 is 0 Å². The molecule has 4 rings (SSSR count). The zero-order valence-corrected chi connectivity index (χ0v) is 18.5. The molecular weight excluding hydrogens is 404 g/mol. The average Bonchev–Trinajstić information content (AvgIpc) is 2.80. The number of cyclic esters (lactones) is 1. The molecular formula is C27H26O3S. The van der Waals surface area contributed by atoms with Gasteiger partial charge in [-0.05, 0) is 35.1 Å². The summed E-state index contributed by atoms with van der Waals surface area (Å²) in [6.07, 6.45) is 0.0497. The maximum absolute atomic E-state index is 13.0. The van der Waals surface area contributed by atoms with Crippen molar-refractivity contribution in [2.45, 2.75) is 37.2 Å². The van der Waals surface area contributed by atoms with Gasteiger partial charge in [-0.25, -0.2) is 4.79 Å². The van der Waals surface area contributed by atoms with Crippen molar-refractivity contribution in [3.63, 3.8) is 0 Å². The molecule has 158 valence electrons. The first-order valence-corrected chi connectivity index (χ1v) is 11.4. The number of aliphatic hydroxyl groups is 1. The number of rotatable bonds is 6. The van der Waals surface area contributed by atoms with Crippen molar-refractivity contribution in [3.8, 4) is 0 Å². The molecule has 0 spiro atoms. The van der Waals surface area contributed by atoms with E-state index in [0.717, 1.165) is 21.6 Å². The lowest BCUT2D eigenvalue weighted by molar-refractivity contribution is -0.149. The zero-order valence-electron chi connectivity index (χ0n) is 17.7. The van der Waals surface area contributed by atoms with Crippen molar-refractivity contribution < 1.29 is 14.6 Å². The molecule has 1 N–H and O–H groups in total. The fourth-order valence-corrected chi connectivity index (χ4v) is 5.11. The first-order chi connectivity index (χ1) is 15.0. The van der Waals surface area contributed by atoms with Crippen LogP contribution in [0.3, 0.4) is 0 Å². The summed E-state index contributed by atoms with van der Waals surface area (Å²) in [5.74, 6) is -0.406. The number of carbonyl (C=O) groups excluding carboxylic acids is 1. The van der Waals surface area contributed by atoms with E-state index >= 15 is 0 Å². The minimum absolute atomic E-state index is 0.109. The molecule has 4 heteroatoms. The molecule has 0 fully saturated rings. The van der Waals surface area contributed by atoms with Crippen LogP contribution in [-0.4, -0.2) is 11.1 Å². The van der Waals surface area contributed by atoms with Crippen LogP contribution in [-0.2, 0) is 16.0 Å². The van der Waals surface area contributed by atoms with E-state index in [1.807, 2.05) is 78.9 Å². The van der Waals surface area contributed by atoms with Gasteiger partial charge in [0, 0.05) is 4.90 Å². The number of ether oxygens (including phenoxy) is 1. The van der Waals surface area contributed by atoms with Crippen LogP contribution in [0, 0.1) is 5.92 Å². The van der Waals surface area contributed by atoms with Crippen molar-refractivity contribution in [3.05, 3.63) is 112 Å². The number of benzene rings is 3. The Balaban J connectivity index is 1.74.